The Kier molecular flexibility index (Phi) is 5.76. The van der Waals surface area contributed by atoms with E-state index >= 15 is 0 Å². The normalized spacial score (nSPS) is 11.0. The van der Waals surface area contributed by atoms with Gasteiger partial charge in [0.25, 0.3) is 5.91 Å². The van der Waals surface area contributed by atoms with Crippen LogP contribution in [0.5, 0.6) is 11.5 Å². The zero-order valence-electron chi connectivity index (χ0n) is 13.1. The molecule has 1 N–H and O–H groups in total. The number of methoxy groups -OCH3 is 2. The van der Waals surface area contributed by atoms with Gasteiger partial charge in [-0.05, 0) is 70.9 Å². The first kappa shape index (κ1) is 17.0. The van der Waals surface area contributed by atoms with Crippen molar-refractivity contribution in [2.45, 2.75) is 6.92 Å². The number of hydrazone groups is 1. The van der Waals surface area contributed by atoms with Crippen LogP contribution in [0.15, 0.2) is 52.0 Å². The molecule has 120 valence electrons. The largest absolute Gasteiger partial charge is 0.497 e. The van der Waals surface area contributed by atoms with E-state index in [4.69, 9.17) is 9.47 Å². The van der Waals surface area contributed by atoms with Crippen LogP contribution in [0, 0.1) is 0 Å². The van der Waals surface area contributed by atoms with E-state index in [1.54, 1.807) is 32.4 Å². The number of carbonyl (C=O) groups is 1. The minimum atomic E-state index is -0.291. The van der Waals surface area contributed by atoms with Crippen LogP contribution in [0.4, 0.5) is 0 Å². The van der Waals surface area contributed by atoms with Gasteiger partial charge in [0.2, 0.25) is 0 Å². The van der Waals surface area contributed by atoms with E-state index in [1.165, 1.54) is 0 Å². The van der Waals surface area contributed by atoms with Crippen LogP contribution in [0.1, 0.15) is 22.8 Å². The SMILES string of the molecule is COc1ccc(C(C)=NNC(=O)c2ccc(OC)c(Br)c2)cc1. The highest BCUT2D eigenvalue weighted by atomic mass is 79.9. The molecule has 0 heterocycles. The average molecular weight is 377 g/mol. The van der Waals surface area contributed by atoms with Gasteiger partial charge in [-0.3, -0.25) is 4.79 Å². The van der Waals surface area contributed by atoms with E-state index in [1.807, 2.05) is 31.2 Å². The summed E-state index contributed by atoms with van der Waals surface area (Å²) in [7, 11) is 3.19. The van der Waals surface area contributed by atoms with Crippen molar-refractivity contribution in [2.24, 2.45) is 5.10 Å². The molecule has 2 rings (SSSR count). The lowest BCUT2D eigenvalue weighted by molar-refractivity contribution is 0.0954. The number of amides is 1. The van der Waals surface area contributed by atoms with Crippen LogP contribution >= 0.6 is 15.9 Å². The Labute approximate surface area is 143 Å². The molecule has 0 saturated carbocycles. The second-order valence-electron chi connectivity index (χ2n) is 4.72. The van der Waals surface area contributed by atoms with Gasteiger partial charge in [0.05, 0.1) is 24.4 Å². The van der Waals surface area contributed by atoms with E-state index in [2.05, 4.69) is 26.5 Å². The number of nitrogens with one attached hydrogen (secondary N) is 1. The highest BCUT2D eigenvalue weighted by Crippen LogP contribution is 2.25. The summed E-state index contributed by atoms with van der Waals surface area (Å²) in [6, 6.07) is 12.5. The number of carbonyl (C=O) groups excluding carboxylic acids is 1. The average Bonchev–Trinajstić information content (AvgIpc) is 2.59. The topological polar surface area (TPSA) is 59.9 Å². The maximum Gasteiger partial charge on any atom is 0.271 e. The molecule has 0 aliphatic heterocycles. The van der Waals surface area contributed by atoms with Crippen molar-refractivity contribution in [3.05, 3.63) is 58.1 Å². The van der Waals surface area contributed by atoms with Gasteiger partial charge < -0.3 is 9.47 Å². The van der Waals surface area contributed by atoms with Crippen molar-refractivity contribution in [3.63, 3.8) is 0 Å². The fourth-order valence-corrected chi connectivity index (χ4v) is 2.44. The molecule has 0 spiro atoms. The van der Waals surface area contributed by atoms with Crippen LogP contribution in [-0.2, 0) is 0 Å². The van der Waals surface area contributed by atoms with Gasteiger partial charge in [-0.15, -0.1) is 0 Å². The predicted molar refractivity (Wildman–Crippen MR) is 93.4 cm³/mol. The predicted octanol–water partition coefficient (Wildman–Crippen LogP) is 3.62. The van der Waals surface area contributed by atoms with E-state index in [0.717, 1.165) is 11.3 Å². The first-order chi connectivity index (χ1) is 11.0. The Morgan fingerprint density at radius 1 is 1.04 bits per heavy atom. The summed E-state index contributed by atoms with van der Waals surface area (Å²) in [5, 5.41) is 4.13. The summed E-state index contributed by atoms with van der Waals surface area (Å²) in [4.78, 5) is 12.1. The summed E-state index contributed by atoms with van der Waals surface area (Å²) in [6.45, 7) is 1.83. The molecule has 0 saturated heterocycles. The zero-order valence-corrected chi connectivity index (χ0v) is 14.7. The molecule has 2 aromatic rings. The minimum absolute atomic E-state index is 0.291. The van der Waals surface area contributed by atoms with Crippen molar-refractivity contribution in [1.29, 1.82) is 0 Å². The van der Waals surface area contributed by atoms with E-state index in [9.17, 15) is 4.79 Å². The summed E-state index contributed by atoms with van der Waals surface area (Å²) in [6.07, 6.45) is 0. The summed E-state index contributed by atoms with van der Waals surface area (Å²) >= 11 is 3.35. The summed E-state index contributed by atoms with van der Waals surface area (Å²) in [5.74, 6) is 1.15. The molecule has 0 atom stereocenters. The molecule has 2 aromatic carbocycles. The lowest BCUT2D eigenvalue weighted by Gasteiger charge is -2.06. The molecule has 0 radical (unpaired) electrons. The van der Waals surface area contributed by atoms with Crippen LogP contribution in [-0.4, -0.2) is 25.8 Å². The Hall–Kier alpha value is -2.34. The van der Waals surface area contributed by atoms with Gasteiger partial charge >= 0.3 is 0 Å². The Balaban J connectivity index is 2.08. The Morgan fingerprint density at radius 3 is 2.26 bits per heavy atom. The molecule has 0 aromatic heterocycles. The third-order valence-corrected chi connectivity index (χ3v) is 3.87. The third-order valence-electron chi connectivity index (χ3n) is 3.25. The second kappa shape index (κ2) is 7.78. The zero-order chi connectivity index (χ0) is 16.8. The smallest absolute Gasteiger partial charge is 0.271 e. The molecule has 23 heavy (non-hydrogen) atoms. The van der Waals surface area contributed by atoms with Gasteiger partial charge in [-0.2, -0.15) is 5.10 Å². The van der Waals surface area contributed by atoms with Crippen molar-refractivity contribution in [3.8, 4) is 11.5 Å². The van der Waals surface area contributed by atoms with Gasteiger partial charge in [0, 0.05) is 5.56 Å². The third kappa shape index (κ3) is 4.32. The van der Waals surface area contributed by atoms with E-state index in [0.29, 0.717) is 21.5 Å². The molecule has 0 bridgehead atoms. The molecule has 6 heteroatoms. The lowest BCUT2D eigenvalue weighted by atomic mass is 10.1. The number of halogens is 1. The summed E-state index contributed by atoms with van der Waals surface area (Å²) in [5.41, 5.74) is 4.64. The number of ether oxygens (including phenoxy) is 2. The van der Waals surface area contributed by atoms with Gasteiger partial charge in [-0.1, -0.05) is 0 Å². The molecule has 0 unspecified atom stereocenters. The molecule has 5 nitrogen and oxygen atoms in total. The molecule has 1 amide bonds. The van der Waals surface area contributed by atoms with Crippen LogP contribution in [0.25, 0.3) is 0 Å². The molecule has 0 fully saturated rings. The molecule has 0 aliphatic carbocycles. The Bertz CT molecular complexity index is 727. The first-order valence-electron chi connectivity index (χ1n) is 6.87. The maximum atomic E-state index is 12.1. The lowest BCUT2D eigenvalue weighted by Crippen LogP contribution is -2.19. The maximum absolute atomic E-state index is 12.1. The molecular weight excluding hydrogens is 360 g/mol. The van der Waals surface area contributed by atoms with Gasteiger partial charge in [0.15, 0.2) is 0 Å². The van der Waals surface area contributed by atoms with Crippen molar-refractivity contribution < 1.29 is 14.3 Å². The first-order valence-corrected chi connectivity index (χ1v) is 7.67. The second-order valence-corrected chi connectivity index (χ2v) is 5.57. The van der Waals surface area contributed by atoms with Crippen molar-refractivity contribution >= 4 is 27.5 Å². The van der Waals surface area contributed by atoms with Crippen LogP contribution in [0.3, 0.4) is 0 Å². The highest BCUT2D eigenvalue weighted by molar-refractivity contribution is 9.10. The van der Waals surface area contributed by atoms with Crippen LogP contribution in [0.2, 0.25) is 0 Å². The molecule has 0 aliphatic rings. The van der Waals surface area contributed by atoms with Crippen LogP contribution < -0.4 is 14.9 Å². The van der Waals surface area contributed by atoms with E-state index in [-0.39, 0.29) is 5.91 Å². The minimum Gasteiger partial charge on any atom is -0.497 e. The van der Waals surface area contributed by atoms with Gasteiger partial charge in [0.1, 0.15) is 11.5 Å². The monoisotopic (exact) mass is 376 g/mol. The highest BCUT2D eigenvalue weighted by Gasteiger charge is 2.08. The summed E-state index contributed by atoms with van der Waals surface area (Å²) < 4.78 is 11.0. The Morgan fingerprint density at radius 2 is 1.70 bits per heavy atom. The number of nitrogens with zero attached hydrogens (tertiary/aromatic N) is 1. The number of benzene rings is 2. The molecular formula is C17H17BrN2O3. The standard InChI is InChI=1S/C17H17BrN2O3/c1-11(12-4-7-14(22-2)8-5-12)19-20-17(21)13-6-9-16(23-3)15(18)10-13/h4-10H,1-3H3,(H,20,21). The van der Waals surface area contributed by atoms with Crippen molar-refractivity contribution in [1.82, 2.24) is 5.43 Å². The quantitative estimate of drug-likeness (QED) is 0.640. The fraction of sp³-hybridized carbons (Fsp3) is 0.176. The number of hydrogen-bond acceptors (Lipinski definition) is 4. The van der Waals surface area contributed by atoms with Crippen molar-refractivity contribution in [2.75, 3.05) is 14.2 Å². The number of rotatable bonds is 5. The van der Waals surface area contributed by atoms with E-state index < -0.39 is 0 Å². The number of hydrogen-bond donors (Lipinski definition) is 1. The fourth-order valence-electron chi connectivity index (χ4n) is 1.90. The van der Waals surface area contributed by atoms with Gasteiger partial charge in [-0.25, -0.2) is 5.43 Å².